The normalized spacial score (nSPS) is 10.6. The second-order valence-electron chi connectivity index (χ2n) is 4.55. The summed E-state index contributed by atoms with van der Waals surface area (Å²) in [6.45, 7) is 2.19. The number of ether oxygens (including phenoxy) is 1. The Labute approximate surface area is 128 Å². The van der Waals surface area contributed by atoms with Gasteiger partial charge in [0.05, 0.1) is 13.0 Å². The highest BCUT2D eigenvalue weighted by Crippen LogP contribution is 2.31. The molecule has 0 fully saturated rings. The molecule has 1 aromatic heterocycles. The Morgan fingerprint density at radius 1 is 1.14 bits per heavy atom. The number of hydrogen-bond acceptors (Lipinski definition) is 3. The van der Waals surface area contributed by atoms with E-state index in [1.807, 2.05) is 30.3 Å². The second kappa shape index (κ2) is 6.19. The number of carbonyl (C=O) groups excluding carboxylic acids is 1. The molecule has 0 bridgehead atoms. The molecule has 0 N–H and O–H groups in total. The van der Waals surface area contributed by atoms with Crippen LogP contribution in [-0.4, -0.2) is 12.6 Å². The zero-order valence-corrected chi connectivity index (χ0v) is 11.7. The molecule has 0 aliphatic rings. The molecule has 110 valence electrons. The van der Waals surface area contributed by atoms with E-state index in [4.69, 9.17) is 20.8 Å². The predicted molar refractivity (Wildman–Crippen MR) is 85.8 cm³/mol. The molecule has 0 amide bonds. The van der Waals surface area contributed by atoms with E-state index in [-0.39, 0.29) is 19.8 Å². The first-order chi connectivity index (χ1) is 9.67. The lowest BCUT2D eigenvalue weighted by Gasteiger charge is -2.01. The van der Waals surface area contributed by atoms with Gasteiger partial charge in [0.15, 0.2) is 0 Å². The van der Waals surface area contributed by atoms with Crippen molar-refractivity contribution in [2.75, 3.05) is 6.61 Å². The van der Waals surface area contributed by atoms with Crippen LogP contribution in [0.2, 0.25) is 5.02 Å². The highest BCUT2D eigenvalue weighted by atomic mass is 35.5. The lowest BCUT2D eigenvalue weighted by atomic mass is 10.1. The Morgan fingerprint density at radius 2 is 1.95 bits per heavy atom. The monoisotopic (exact) mass is 304 g/mol. The quantitative estimate of drug-likeness (QED) is 0.640. The van der Waals surface area contributed by atoms with Gasteiger partial charge >= 0.3 is 5.97 Å². The van der Waals surface area contributed by atoms with Gasteiger partial charge in [-0.2, -0.15) is 0 Å². The molecule has 21 heavy (non-hydrogen) atoms. The van der Waals surface area contributed by atoms with Gasteiger partial charge in [0.2, 0.25) is 0 Å². The largest absolute Gasteiger partial charge is 0.466 e. The third kappa shape index (κ3) is 3.03. The minimum absolute atomic E-state index is 0. The van der Waals surface area contributed by atoms with Crippen molar-refractivity contribution in [2.45, 2.75) is 20.8 Å². The number of benzene rings is 2. The molecule has 0 saturated carbocycles. The van der Waals surface area contributed by atoms with Crippen LogP contribution >= 0.6 is 11.6 Å². The highest BCUT2D eigenvalue weighted by molar-refractivity contribution is 6.31. The van der Waals surface area contributed by atoms with E-state index in [1.54, 1.807) is 13.0 Å². The van der Waals surface area contributed by atoms with Gasteiger partial charge in [0.25, 0.3) is 0 Å². The molecule has 0 unspecified atom stereocenters. The molecule has 0 aliphatic heterocycles. The number of furan rings is 1. The summed E-state index contributed by atoms with van der Waals surface area (Å²) in [5.74, 6) is -0.231. The van der Waals surface area contributed by atoms with Gasteiger partial charge in [-0.05, 0) is 36.8 Å². The molecule has 0 aliphatic carbocycles. The number of fused-ring (bicyclic) bond motifs is 3. The van der Waals surface area contributed by atoms with Crippen LogP contribution in [0.4, 0.5) is 0 Å². The Balaban J connectivity index is 0.00000161. The van der Waals surface area contributed by atoms with Crippen LogP contribution in [0, 0.1) is 0 Å². The third-order valence-electron chi connectivity index (χ3n) is 3.15. The van der Waals surface area contributed by atoms with Gasteiger partial charge in [-0.25, -0.2) is 0 Å². The van der Waals surface area contributed by atoms with Crippen molar-refractivity contribution in [3.63, 3.8) is 0 Å². The highest BCUT2D eigenvalue weighted by Gasteiger charge is 2.10. The van der Waals surface area contributed by atoms with E-state index >= 15 is 0 Å². The first-order valence-electron chi connectivity index (χ1n) is 6.43. The zero-order chi connectivity index (χ0) is 14.1. The van der Waals surface area contributed by atoms with Crippen molar-refractivity contribution in [3.8, 4) is 0 Å². The van der Waals surface area contributed by atoms with Crippen LogP contribution in [0.1, 0.15) is 19.9 Å². The maximum Gasteiger partial charge on any atom is 0.310 e. The summed E-state index contributed by atoms with van der Waals surface area (Å²) in [7, 11) is 0. The van der Waals surface area contributed by atoms with Gasteiger partial charge in [0, 0.05) is 15.8 Å². The molecule has 0 radical (unpaired) electrons. The summed E-state index contributed by atoms with van der Waals surface area (Å²) in [5, 5.41) is 2.65. The van der Waals surface area contributed by atoms with E-state index < -0.39 is 0 Å². The molecule has 0 spiro atoms. The first kappa shape index (κ1) is 15.4. The van der Waals surface area contributed by atoms with Gasteiger partial charge in [0.1, 0.15) is 11.2 Å². The number of rotatable bonds is 3. The maximum absolute atomic E-state index is 11.5. The fraction of sp³-hybridized carbons (Fsp3) is 0.235. The van der Waals surface area contributed by atoms with Crippen molar-refractivity contribution in [2.24, 2.45) is 0 Å². The summed E-state index contributed by atoms with van der Waals surface area (Å²) in [6, 6.07) is 11.3. The van der Waals surface area contributed by atoms with Crippen molar-refractivity contribution in [1.29, 1.82) is 0 Å². The van der Waals surface area contributed by atoms with Crippen LogP contribution in [0.3, 0.4) is 0 Å². The zero-order valence-electron chi connectivity index (χ0n) is 11.0. The van der Waals surface area contributed by atoms with Crippen LogP contribution in [-0.2, 0) is 16.0 Å². The van der Waals surface area contributed by atoms with Crippen molar-refractivity contribution < 1.29 is 13.9 Å². The molecule has 0 atom stereocenters. The van der Waals surface area contributed by atoms with Gasteiger partial charge in [-0.1, -0.05) is 31.2 Å². The SMILES string of the molecule is C.CCOC(=O)Cc1ccc2c(c1)oc1ccc(Cl)cc12. The first-order valence-corrected chi connectivity index (χ1v) is 6.81. The lowest BCUT2D eigenvalue weighted by molar-refractivity contribution is -0.142. The molecule has 3 rings (SSSR count). The van der Waals surface area contributed by atoms with Crippen molar-refractivity contribution in [1.82, 2.24) is 0 Å². The second-order valence-corrected chi connectivity index (χ2v) is 4.99. The summed E-state index contributed by atoms with van der Waals surface area (Å²) in [6.07, 6.45) is 0.252. The van der Waals surface area contributed by atoms with Crippen LogP contribution in [0.5, 0.6) is 0 Å². The predicted octanol–water partition coefficient (Wildman–Crippen LogP) is 4.98. The van der Waals surface area contributed by atoms with E-state index in [2.05, 4.69) is 0 Å². The summed E-state index contributed by atoms with van der Waals surface area (Å²) < 4.78 is 10.7. The summed E-state index contributed by atoms with van der Waals surface area (Å²) in [4.78, 5) is 11.5. The minimum atomic E-state index is -0.231. The van der Waals surface area contributed by atoms with Gasteiger partial charge in [-0.15, -0.1) is 0 Å². The van der Waals surface area contributed by atoms with E-state index in [9.17, 15) is 4.79 Å². The smallest absolute Gasteiger partial charge is 0.310 e. The van der Waals surface area contributed by atoms with Crippen LogP contribution in [0.15, 0.2) is 40.8 Å². The Morgan fingerprint density at radius 3 is 2.71 bits per heavy atom. The van der Waals surface area contributed by atoms with Crippen molar-refractivity contribution >= 4 is 39.5 Å². The van der Waals surface area contributed by atoms with Crippen LogP contribution < -0.4 is 0 Å². The fourth-order valence-electron chi connectivity index (χ4n) is 2.28. The Hall–Kier alpha value is -2.00. The summed E-state index contributed by atoms with van der Waals surface area (Å²) in [5.41, 5.74) is 2.42. The number of carbonyl (C=O) groups is 1. The Kier molecular flexibility index (Phi) is 4.53. The van der Waals surface area contributed by atoms with Gasteiger partial charge < -0.3 is 9.15 Å². The molecular formula is C17H17ClO3. The topological polar surface area (TPSA) is 39.4 Å². The van der Waals surface area contributed by atoms with E-state index in [0.717, 1.165) is 27.5 Å². The van der Waals surface area contributed by atoms with E-state index in [0.29, 0.717) is 11.6 Å². The molecule has 3 nitrogen and oxygen atoms in total. The molecule has 2 aromatic carbocycles. The molecule has 4 heteroatoms. The number of hydrogen-bond donors (Lipinski definition) is 0. The van der Waals surface area contributed by atoms with Crippen LogP contribution in [0.25, 0.3) is 21.9 Å². The number of esters is 1. The minimum Gasteiger partial charge on any atom is -0.466 e. The lowest BCUT2D eigenvalue weighted by Crippen LogP contribution is -2.07. The molecule has 1 heterocycles. The third-order valence-corrected chi connectivity index (χ3v) is 3.39. The van der Waals surface area contributed by atoms with Crippen molar-refractivity contribution in [3.05, 3.63) is 47.0 Å². The average molecular weight is 305 g/mol. The molecule has 0 saturated heterocycles. The molecule has 3 aromatic rings. The maximum atomic E-state index is 11.5. The Bertz CT molecular complexity index is 789. The standard InChI is InChI=1S/C16H13ClO3.CH4/c1-2-19-16(18)8-10-3-5-12-13-9-11(17)4-6-14(13)20-15(12)7-10;/h3-7,9H,2,8H2,1H3;1H4. The average Bonchev–Trinajstić information content (AvgIpc) is 2.76. The van der Waals surface area contributed by atoms with E-state index in [1.165, 1.54) is 0 Å². The van der Waals surface area contributed by atoms with Gasteiger partial charge in [-0.3, -0.25) is 4.79 Å². The summed E-state index contributed by atoms with van der Waals surface area (Å²) >= 11 is 6.01. The fourth-order valence-corrected chi connectivity index (χ4v) is 2.45. The molecular weight excluding hydrogens is 288 g/mol. The number of halogens is 1.